The van der Waals surface area contributed by atoms with E-state index in [1.54, 1.807) is 0 Å². The lowest BCUT2D eigenvalue weighted by molar-refractivity contribution is -0.123. The van der Waals surface area contributed by atoms with E-state index in [0.29, 0.717) is 24.8 Å². The molecule has 0 aliphatic carbocycles. The molecular formula is C13H26N2O2. The molecule has 0 radical (unpaired) electrons. The van der Waals surface area contributed by atoms with Gasteiger partial charge in [-0.3, -0.25) is 4.79 Å². The SMILES string of the molecule is CC1CC(NCCNC(=O)C(C)C)CC(C)O1. The number of carbonyl (C=O) groups excluding carboxylic acids is 1. The van der Waals surface area contributed by atoms with Crippen LogP contribution in [0.2, 0.25) is 0 Å². The minimum atomic E-state index is 0.0677. The molecule has 0 bridgehead atoms. The zero-order valence-corrected chi connectivity index (χ0v) is 11.5. The quantitative estimate of drug-likeness (QED) is 0.715. The zero-order valence-electron chi connectivity index (χ0n) is 11.5. The minimum Gasteiger partial charge on any atom is -0.375 e. The number of hydrogen-bond acceptors (Lipinski definition) is 3. The second-order valence-corrected chi connectivity index (χ2v) is 5.33. The van der Waals surface area contributed by atoms with Crippen molar-refractivity contribution in [2.75, 3.05) is 13.1 Å². The number of hydrogen-bond donors (Lipinski definition) is 2. The average Bonchev–Trinajstić information content (AvgIpc) is 2.22. The largest absolute Gasteiger partial charge is 0.375 e. The lowest BCUT2D eigenvalue weighted by atomic mass is 10.00. The molecule has 4 heteroatoms. The first-order valence-corrected chi connectivity index (χ1v) is 6.65. The van der Waals surface area contributed by atoms with Crippen LogP contribution in [0.5, 0.6) is 0 Å². The Kier molecular flexibility index (Phi) is 5.92. The van der Waals surface area contributed by atoms with Crippen molar-refractivity contribution in [2.45, 2.75) is 58.8 Å². The fourth-order valence-electron chi connectivity index (χ4n) is 2.24. The lowest BCUT2D eigenvalue weighted by Gasteiger charge is -2.32. The maximum absolute atomic E-state index is 11.3. The Morgan fingerprint density at radius 2 is 1.82 bits per heavy atom. The lowest BCUT2D eigenvalue weighted by Crippen LogP contribution is -2.44. The van der Waals surface area contributed by atoms with Crippen LogP contribution < -0.4 is 10.6 Å². The van der Waals surface area contributed by atoms with Gasteiger partial charge in [0.05, 0.1) is 12.2 Å². The highest BCUT2D eigenvalue weighted by Crippen LogP contribution is 2.18. The van der Waals surface area contributed by atoms with E-state index in [1.807, 2.05) is 13.8 Å². The highest BCUT2D eigenvalue weighted by atomic mass is 16.5. The molecule has 1 fully saturated rings. The molecule has 1 amide bonds. The van der Waals surface area contributed by atoms with Gasteiger partial charge in [-0.05, 0) is 26.7 Å². The third-order valence-corrected chi connectivity index (χ3v) is 3.08. The zero-order chi connectivity index (χ0) is 12.8. The van der Waals surface area contributed by atoms with E-state index in [4.69, 9.17) is 4.74 Å². The molecule has 17 heavy (non-hydrogen) atoms. The van der Waals surface area contributed by atoms with Crippen molar-refractivity contribution in [3.8, 4) is 0 Å². The fourth-order valence-corrected chi connectivity index (χ4v) is 2.24. The molecule has 0 aromatic carbocycles. The molecule has 2 atom stereocenters. The van der Waals surface area contributed by atoms with Gasteiger partial charge in [0.25, 0.3) is 0 Å². The van der Waals surface area contributed by atoms with Crippen molar-refractivity contribution in [1.82, 2.24) is 10.6 Å². The summed E-state index contributed by atoms with van der Waals surface area (Å²) in [6, 6.07) is 0.518. The molecule has 1 rings (SSSR count). The Labute approximate surface area is 104 Å². The third-order valence-electron chi connectivity index (χ3n) is 3.08. The Morgan fingerprint density at radius 1 is 1.24 bits per heavy atom. The summed E-state index contributed by atoms with van der Waals surface area (Å²) in [5.74, 6) is 0.193. The molecule has 1 saturated heterocycles. The van der Waals surface area contributed by atoms with Crippen LogP contribution >= 0.6 is 0 Å². The van der Waals surface area contributed by atoms with Crippen LogP contribution in [0.1, 0.15) is 40.5 Å². The molecule has 0 spiro atoms. The van der Waals surface area contributed by atoms with Crippen LogP contribution in [-0.4, -0.2) is 37.2 Å². The molecule has 4 nitrogen and oxygen atoms in total. The highest BCUT2D eigenvalue weighted by molar-refractivity contribution is 5.77. The summed E-state index contributed by atoms with van der Waals surface area (Å²) >= 11 is 0. The van der Waals surface area contributed by atoms with Gasteiger partial charge in [-0.1, -0.05) is 13.8 Å². The Bertz CT molecular complexity index is 234. The van der Waals surface area contributed by atoms with Gasteiger partial charge < -0.3 is 15.4 Å². The van der Waals surface area contributed by atoms with Gasteiger partial charge in [0.15, 0.2) is 0 Å². The van der Waals surface area contributed by atoms with Crippen molar-refractivity contribution in [3.63, 3.8) is 0 Å². The summed E-state index contributed by atoms with van der Waals surface area (Å²) in [7, 11) is 0. The second kappa shape index (κ2) is 6.97. The van der Waals surface area contributed by atoms with Crippen LogP contribution in [0.4, 0.5) is 0 Å². The molecule has 1 heterocycles. The van der Waals surface area contributed by atoms with Gasteiger partial charge >= 0.3 is 0 Å². The third kappa shape index (κ3) is 5.50. The van der Waals surface area contributed by atoms with Gasteiger partial charge in [-0.15, -0.1) is 0 Å². The van der Waals surface area contributed by atoms with Crippen LogP contribution in [0, 0.1) is 5.92 Å². The first-order chi connectivity index (χ1) is 7.99. The normalized spacial score (nSPS) is 29.4. The molecule has 100 valence electrons. The van der Waals surface area contributed by atoms with Crippen molar-refractivity contribution in [3.05, 3.63) is 0 Å². The van der Waals surface area contributed by atoms with Crippen LogP contribution in [-0.2, 0) is 9.53 Å². The van der Waals surface area contributed by atoms with E-state index in [0.717, 1.165) is 19.4 Å². The summed E-state index contributed by atoms with van der Waals surface area (Å²) < 4.78 is 5.68. The molecule has 1 aliphatic rings. The van der Waals surface area contributed by atoms with E-state index >= 15 is 0 Å². The van der Waals surface area contributed by atoms with E-state index in [-0.39, 0.29) is 11.8 Å². The van der Waals surface area contributed by atoms with Gasteiger partial charge in [0.2, 0.25) is 5.91 Å². The van der Waals surface area contributed by atoms with Gasteiger partial charge in [-0.2, -0.15) is 0 Å². The van der Waals surface area contributed by atoms with Crippen molar-refractivity contribution in [1.29, 1.82) is 0 Å². The number of rotatable bonds is 5. The molecule has 0 aromatic heterocycles. The summed E-state index contributed by atoms with van der Waals surface area (Å²) in [6.07, 6.45) is 2.79. The standard InChI is InChI=1S/C13H26N2O2/c1-9(2)13(16)15-6-5-14-12-7-10(3)17-11(4)8-12/h9-12,14H,5-8H2,1-4H3,(H,15,16). The molecule has 1 aliphatic heterocycles. The first kappa shape index (κ1) is 14.5. The summed E-state index contributed by atoms with van der Waals surface area (Å²) in [4.78, 5) is 11.3. The summed E-state index contributed by atoms with van der Waals surface area (Å²) in [5, 5.41) is 6.39. The molecule has 0 saturated carbocycles. The molecular weight excluding hydrogens is 216 g/mol. The van der Waals surface area contributed by atoms with Crippen LogP contribution in [0.3, 0.4) is 0 Å². The maximum atomic E-state index is 11.3. The minimum absolute atomic E-state index is 0.0677. The van der Waals surface area contributed by atoms with E-state index in [9.17, 15) is 4.79 Å². The van der Waals surface area contributed by atoms with Crippen molar-refractivity contribution in [2.24, 2.45) is 5.92 Å². The van der Waals surface area contributed by atoms with Gasteiger partial charge in [0, 0.05) is 25.0 Å². The van der Waals surface area contributed by atoms with E-state index < -0.39 is 0 Å². The summed E-state index contributed by atoms with van der Waals surface area (Å²) in [5.41, 5.74) is 0. The Hall–Kier alpha value is -0.610. The first-order valence-electron chi connectivity index (χ1n) is 6.65. The predicted octanol–water partition coefficient (Wildman–Crippen LogP) is 1.30. The Morgan fingerprint density at radius 3 is 2.35 bits per heavy atom. The average molecular weight is 242 g/mol. The van der Waals surface area contributed by atoms with Crippen molar-refractivity contribution >= 4 is 5.91 Å². The Balaban J connectivity index is 2.12. The number of nitrogens with one attached hydrogen (secondary N) is 2. The van der Waals surface area contributed by atoms with Crippen molar-refractivity contribution < 1.29 is 9.53 Å². The predicted molar refractivity (Wildman–Crippen MR) is 68.9 cm³/mol. The topological polar surface area (TPSA) is 50.4 Å². The molecule has 2 N–H and O–H groups in total. The number of amides is 1. The summed E-state index contributed by atoms with van der Waals surface area (Å²) in [6.45, 7) is 9.59. The second-order valence-electron chi connectivity index (χ2n) is 5.33. The number of ether oxygens (including phenoxy) is 1. The smallest absolute Gasteiger partial charge is 0.222 e. The molecule has 2 unspecified atom stereocenters. The molecule has 0 aromatic rings. The van der Waals surface area contributed by atoms with Gasteiger partial charge in [-0.25, -0.2) is 0 Å². The van der Waals surface area contributed by atoms with Crippen LogP contribution in [0.15, 0.2) is 0 Å². The van der Waals surface area contributed by atoms with E-state index in [2.05, 4.69) is 24.5 Å². The highest BCUT2D eigenvalue weighted by Gasteiger charge is 2.23. The monoisotopic (exact) mass is 242 g/mol. The number of carbonyl (C=O) groups is 1. The van der Waals surface area contributed by atoms with Gasteiger partial charge in [0.1, 0.15) is 0 Å². The van der Waals surface area contributed by atoms with Crippen LogP contribution in [0.25, 0.3) is 0 Å². The maximum Gasteiger partial charge on any atom is 0.222 e. The van der Waals surface area contributed by atoms with E-state index in [1.165, 1.54) is 0 Å². The fraction of sp³-hybridized carbons (Fsp3) is 0.923.